The quantitative estimate of drug-likeness (QED) is 0.647. The molecule has 4 nitrogen and oxygen atoms in total. The van der Waals surface area contributed by atoms with Crippen molar-refractivity contribution in [3.63, 3.8) is 0 Å². The number of benzene rings is 1. The summed E-state index contributed by atoms with van der Waals surface area (Å²) in [6.45, 7) is 0. The number of aromatic amines is 1. The van der Waals surface area contributed by atoms with Gasteiger partial charge in [-0.15, -0.1) is 0 Å². The van der Waals surface area contributed by atoms with Gasteiger partial charge in [0, 0.05) is 6.20 Å². The van der Waals surface area contributed by atoms with Crippen LogP contribution in [0.4, 0.5) is 17.2 Å². The fraction of sp³-hybridized carbons (Fsp3) is 0. The van der Waals surface area contributed by atoms with Crippen LogP contribution in [0.5, 0.6) is 0 Å². The second-order valence-corrected chi connectivity index (χ2v) is 3.12. The Balaban J connectivity index is 2.27. The number of hydrogen-bond acceptors (Lipinski definition) is 3. The molecule has 4 heteroatoms. The highest BCUT2D eigenvalue weighted by atomic mass is 15.0. The predicted octanol–water partition coefficient (Wildman–Crippen LogP) is 2.21. The molecule has 0 aliphatic heterocycles. The molecule has 2 aromatic rings. The molecule has 0 radical (unpaired) electrons. The third-order valence-electron chi connectivity index (χ3n) is 2.05. The summed E-state index contributed by atoms with van der Waals surface area (Å²) >= 11 is 0. The predicted molar refractivity (Wildman–Crippen MR) is 59.6 cm³/mol. The molecule has 1 heterocycles. The van der Waals surface area contributed by atoms with E-state index in [-0.39, 0.29) is 0 Å². The average molecular weight is 198 g/mol. The number of nitrogen functional groups attached to an aromatic ring is 1. The van der Waals surface area contributed by atoms with Crippen LogP contribution in [0, 0.1) is 11.3 Å². The van der Waals surface area contributed by atoms with Crippen molar-refractivity contribution in [3.05, 3.63) is 42.1 Å². The first kappa shape index (κ1) is 9.16. The van der Waals surface area contributed by atoms with Crippen LogP contribution >= 0.6 is 0 Å². The van der Waals surface area contributed by atoms with Crippen molar-refractivity contribution in [2.75, 3.05) is 11.1 Å². The number of nitrogens with one attached hydrogen (secondary N) is 2. The van der Waals surface area contributed by atoms with Gasteiger partial charge in [-0.3, -0.25) is 0 Å². The van der Waals surface area contributed by atoms with E-state index in [2.05, 4.69) is 10.3 Å². The second-order valence-electron chi connectivity index (χ2n) is 3.12. The van der Waals surface area contributed by atoms with Crippen molar-refractivity contribution in [1.82, 2.24) is 4.98 Å². The highest BCUT2D eigenvalue weighted by Gasteiger charge is 2.00. The van der Waals surface area contributed by atoms with Crippen LogP contribution < -0.4 is 11.1 Å². The molecule has 0 unspecified atom stereocenters. The lowest BCUT2D eigenvalue weighted by atomic mass is 10.2. The summed E-state index contributed by atoms with van der Waals surface area (Å²) in [7, 11) is 0. The Kier molecular flexibility index (Phi) is 2.30. The molecular weight excluding hydrogens is 188 g/mol. The van der Waals surface area contributed by atoms with Crippen molar-refractivity contribution in [1.29, 1.82) is 5.26 Å². The largest absolute Gasteiger partial charge is 0.397 e. The van der Waals surface area contributed by atoms with Gasteiger partial charge in [0.25, 0.3) is 0 Å². The zero-order valence-corrected chi connectivity index (χ0v) is 7.99. The zero-order valence-electron chi connectivity index (χ0n) is 7.99. The van der Waals surface area contributed by atoms with Crippen LogP contribution in [0.2, 0.25) is 0 Å². The van der Waals surface area contributed by atoms with E-state index in [9.17, 15) is 0 Å². The minimum atomic E-state index is 0.559. The summed E-state index contributed by atoms with van der Waals surface area (Å²) in [5.74, 6) is 0.867. The standard InChI is InChI=1S/C11H10N4/c12-7-8-3-4-10(9(13)6-8)15-11-2-1-5-14-11/h1-6,14-15H,13H2. The van der Waals surface area contributed by atoms with Crippen molar-refractivity contribution < 1.29 is 0 Å². The van der Waals surface area contributed by atoms with Crippen LogP contribution in [0.15, 0.2) is 36.5 Å². The summed E-state index contributed by atoms with van der Waals surface area (Å²) in [6.07, 6.45) is 1.82. The van der Waals surface area contributed by atoms with E-state index in [4.69, 9.17) is 11.0 Å². The molecule has 0 fully saturated rings. The zero-order chi connectivity index (χ0) is 10.7. The third-order valence-corrected chi connectivity index (χ3v) is 2.05. The van der Waals surface area contributed by atoms with E-state index in [1.807, 2.05) is 24.4 Å². The molecule has 1 aromatic carbocycles. The molecule has 0 amide bonds. The van der Waals surface area contributed by atoms with E-state index in [1.54, 1.807) is 18.2 Å². The number of nitrogens with two attached hydrogens (primary N) is 1. The molecule has 1 aromatic heterocycles. The van der Waals surface area contributed by atoms with E-state index < -0.39 is 0 Å². The summed E-state index contributed by atoms with van der Waals surface area (Å²) in [4.78, 5) is 3.01. The molecule has 0 saturated carbocycles. The van der Waals surface area contributed by atoms with E-state index in [1.165, 1.54) is 0 Å². The smallest absolute Gasteiger partial charge is 0.107 e. The number of rotatable bonds is 2. The van der Waals surface area contributed by atoms with Crippen LogP contribution in [-0.4, -0.2) is 4.98 Å². The lowest BCUT2D eigenvalue weighted by Gasteiger charge is -2.07. The summed E-state index contributed by atoms with van der Waals surface area (Å²) in [5.41, 5.74) is 7.69. The first-order valence-electron chi connectivity index (χ1n) is 4.49. The number of nitriles is 1. The molecule has 0 aliphatic carbocycles. The minimum absolute atomic E-state index is 0.559. The fourth-order valence-electron chi connectivity index (χ4n) is 1.30. The van der Waals surface area contributed by atoms with Gasteiger partial charge in [-0.1, -0.05) is 0 Å². The van der Waals surface area contributed by atoms with Gasteiger partial charge in [0.15, 0.2) is 0 Å². The molecule has 15 heavy (non-hydrogen) atoms. The van der Waals surface area contributed by atoms with Gasteiger partial charge in [0.1, 0.15) is 5.82 Å². The number of hydrogen-bond donors (Lipinski definition) is 3. The van der Waals surface area contributed by atoms with Gasteiger partial charge in [0.05, 0.1) is 23.0 Å². The normalized spacial score (nSPS) is 9.53. The number of nitrogens with zero attached hydrogens (tertiary/aromatic N) is 1. The minimum Gasteiger partial charge on any atom is -0.397 e. The molecule has 2 rings (SSSR count). The third kappa shape index (κ3) is 1.92. The molecule has 0 bridgehead atoms. The molecule has 0 saturated heterocycles. The first-order chi connectivity index (χ1) is 7.29. The lowest BCUT2D eigenvalue weighted by Crippen LogP contribution is -1.96. The summed E-state index contributed by atoms with van der Waals surface area (Å²) in [5, 5.41) is 11.8. The van der Waals surface area contributed by atoms with Crippen LogP contribution in [0.3, 0.4) is 0 Å². The van der Waals surface area contributed by atoms with E-state index in [0.717, 1.165) is 11.5 Å². The van der Waals surface area contributed by atoms with Crippen molar-refractivity contribution in [3.8, 4) is 6.07 Å². The Morgan fingerprint density at radius 1 is 1.33 bits per heavy atom. The van der Waals surface area contributed by atoms with Crippen molar-refractivity contribution in [2.45, 2.75) is 0 Å². The van der Waals surface area contributed by atoms with Crippen molar-refractivity contribution >= 4 is 17.2 Å². The van der Waals surface area contributed by atoms with Crippen LogP contribution in [0.1, 0.15) is 5.56 Å². The Hall–Kier alpha value is -2.41. The molecule has 0 atom stereocenters. The summed E-state index contributed by atoms with van der Waals surface area (Å²) in [6, 6.07) is 11.0. The monoisotopic (exact) mass is 198 g/mol. The van der Waals surface area contributed by atoms with Crippen molar-refractivity contribution in [2.24, 2.45) is 0 Å². The molecule has 0 aliphatic rings. The maximum atomic E-state index is 8.68. The van der Waals surface area contributed by atoms with Gasteiger partial charge >= 0.3 is 0 Å². The van der Waals surface area contributed by atoms with Gasteiger partial charge < -0.3 is 16.0 Å². The highest BCUT2D eigenvalue weighted by Crippen LogP contribution is 2.22. The molecule has 74 valence electrons. The number of anilines is 3. The van der Waals surface area contributed by atoms with Gasteiger partial charge in [-0.2, -0.15) is 5.26 Å². The maximum absolute atomic E-state index is 8.68. The Morgan fingerprint density at radius 2 is 2.20 bits per heavy atom. The molecular formula is C11H10N4. The van der Waals surface area contributed by atoms with E-state index in [0.29, 0.717) is 11.3 Å². The first-order valence-corrected chi connectivity index (χ1v) is 4.49. The van der Waals surface area contributed by atoms with E-state index >= 15 is 0 Å². The fourth-order valence-corrected chi connectivity index (χ4v) is 1.30. The molecule has 0 spiro atoms. The topological polar surface area (TPSA) is 77.6 Å². The SMILES string of the molecule is N#Cc1ccc(Nc2ccc[nH]2)c(N)c1. The summed E-state index contributed by atoms with van der Waals surface area (Å²) < 4.78 is 0. The van der Waals surface area contributed by atoms with Crippen LogP contribution in [-0.2, 0) is 0 Å². The number of H-pyrrole nitrogens is 1. The molecule has 4 N–H and O–H groups in total. The highest BCUT2D eigenvalue weighted by molar-refractivity contribution is 5.72. The Bertz CT molecular complexity index is 494. The average Bonchev–Trinajstić information content (AvgIpc) is 2.74. The number of aromatic nitrogens is 1. The van der Waals surface area contributed by atoms with Gasteiger partial charge in [-0.25, -0.2) is 0 Å². The lowest BCUT2D eigenvalue weighted by molar-refractivity contribution is 1.37. The maximum Gasteiger partial charge on any atom is 0.107 e. The van der Waals surface area contributed by atoms with Gasteiger partial charge in [-0.05, 0) is 30.3 Å². The van der Waals surface area contributed by atoms with Crippen LogP contribution in [0.25, 0.3) is 0 Å². The Labute approximate surface area is 87.3 Å². The second kappa shape index (κ2) is 3.76. The Morgan fingerprint density at radius 3 is 2.80 bits per heavy atom. The van der Waals surface area contributed by atoms with Gasteiger partial charge in [0.2, 0.25) is 0 Å².